The van der Waals surface area contributed by atoms with Gasteiger partial charge in [-0.2, -0.15) is 0 Å². The van der Waals surface area contributed by atoms with Crippen molar-refractivity contribution in [2.75, 3.05) is 13.2 Å². The van der Waals surface area contributed by atoms with Crippen LogP contribution in [0.3, 0.4) is 0 Å². The molecule has 0 aromatic carbocycles. The van der Waals surface area contributed by atoms with Crippen LogP contribution in [-0.2, 0) is 8.85 Å². The van der Waals surface area contributed by atoms with E-state index in [9.17, 15) is 0 Å². The maximum Gasteiger partial charge on any atom is 0.387 e. The topological polar surface area (TPSA) is 18.5 Å². The Morgan fingerprint density at radius 2 is 1.53 bits per heavy atom. The van der Waals surface area contributed by atoms with Crippen molar-refractivity contribution in [1.29, 1.82) is 0 Å². The van der Waals surface area contributed by atoms with Crippen LogP contribution in [0, 0.1) is 0 Å². The van der Waals surface area contributed by atoms with Crippen molar-refractivity contribution in [1.82, 2.24) is 0 Å². The minimum absolute atomic E-state index is 0.617. The molecule has 91 valence electrons. The number of hydrogen-bond acceptors (Lipinski definition) is 2. The summed E-state index contributed by atoms with van der Waals surface area (Å²) in [4.78, 5) is 0. The minimum atomic E-state index is -1.01. The highest BCUT2D eigenvalue weighted by Crippen LogP contribution is 2.20. The third kappa shape index (κ3) is 8.00. The van der Waals surface area contributed by atoms with Crippen LogP contribution in [0.1, 0.15) is 59.8 Å². The van der Waals surface area contributed by atoms with E-state index in [-0.39, 0.29) is 0 Å². The highest BCUT2D eigenvalue weighted by Gasteiger charge is 2.22. The average Bonchev–Trinajstić information content (AvgIpc) is 2.24. The lowest BCUT2D eigenvalue weighted by Gasteiger charge is -2.19. The highest BCUT2D eigenvalue weighted by atomic mass is 28.3. The van der Waals surface area contributed by atoms with E-state index < -0.39 is 9.28 Å². The van der Waals surface area contributed by atoms with E-state index in [0.29, 0.717) is 5.54 Å². The van der Waals surface area contributed by atoms with E-state index in [1.165, 1.54) is 32.1 Å². The van der Waals surface area contributed by atoms with Gasteiger partial charge in [-0.25, -0.2) is 0 Å². The van der Waals surface area contributed by atoms with E-state index in [1.807, 2.05) is 13.8 Å². The molecule has 0 amide bonds. The standard InChI is InChI=1S/C12H27O2Si/c1-5-8-9-10-11-12(4)15(13-6-2)14-7-3/h12H,5-11H2,1-4H3. The fourth-order valence-corrected chi connectivity index (χ4v) is 3.27. The van der Waals surface area contributed by atoms with Gasteiger partial charge in [-0.1, -0.05) is 39.5 Å². The Morgan fingerprint density at radius 1 is 0.933 bits per heavy atom. The summed E-state index contributed by atoms with van der Waals surface area (Å²) in [6.07, 6.45) is 6.60. The Balaban J connectivity index is 3.65. The lowest BCUT2D eigenvalue weighted by Crippen LogP contribution is -2.27. The molecule has 3 heteroatoms. The van der Waals surface area contributed by atoms with Crippen LogP contribution >= 0.6 is 0 Å². The molecule has 0 heterocycles. The lowest BCUT2D eigenvalue weighted by atomic mass is 10.1. The summed E-state index contributed by atoms with van der Waals surface area (Å²) >= 11 is 0. The molecule has 0 saturated heterocycles. The third-order valence-corrected chi connectivity index (χ3v) is 4.71. The zero-order valence-corrected chi connectivity index (χ0v) is 11.8. The van der Waals surface area contributed by atoms with Crippen LogP contribution in [0.25, 0.3) is 0 Å². The van der Waals surface area contributed by atoms with Crippen molar-refractivity contribution in [3.05, 3.63) is 0 Å². The van der Waals surface area contributed by atoms with E-state index in [0.717, 1.165) is 13.2 Å². The molecule has 0 aliphatic heterocycles. The molecular weight excluding hydrogens is 204 g/mol. The first kappa shape index (κ1) is 15.1. The van der Waals surface area contributed by atoms with Gasteiger partial charge in [0.15, 0.2) is 0 Å². The first-order valence-corrected chi connectivity index (χ1v) is 7.78. The summed E-state index contributed by atoms with van der Waals surface area (Å²) in [5.41, 5.74) is 0.617. The molecule has 0 saturated carbocycles. The molecule has 0 bridgehead atoms. The molecule has 0 aromatic rings. The zero-order valence-electron chi connectivity index (χ0n) is 10.8. The molecule has 0 aromatic heterocycles. The monoisotopic (exact) mass is 231 g/mol. The van der Waals surface area contributed by atoms with Gasteiger partial charge in [-0.3, -0.25) is 0 Å². The third-order valence-electron chi connectivity index (χ3n) is 2.47. The van der Waals surface area contributed by atoms with Crippen molar-refractivity contribution in [3.63, 3.8) is 0 Å². The summed E-state index contributed by atoms with van der Waals surface area (Å²) in [6, 6.07) is 0. The van der Waals surface area contributed by atoms with Crippen LogP contribution in [0.4, 0.5) is 0 Å². The van der Waals surface area contributed by atoms with Gasteiger partial charge in [-0.05, 0) is 20.3 Å². The average molecular weight is 231 g/mol. The maximum atomic E-state index is 5.68. The van der Waals surface area contributed by atoms with Gasteiger partial charge in [0.2, 0.25) is 0 Å². The molecule has 2 nitrogen and oxygen atoms in total. The van der Waals surface area contributed by atoms with Crippen LogP contribution in [-0.4, -0.2) is 22.5 Å². The number of rotatable bonds is 10. The summed E-state index contributed by atoms with van der Waals surface area (Å²) < 4.78 is 11.4. The Hall–Kier alpha value is 0.137. The van der Waals surface area contributed by atoms with Crippen molar-refractivity contribution < 1.29 is 8.85 Å². The molecule has 0 spiro atoms. The van der Waals surface area contributed by atoms with Gasteiger partial charge in [-0.15, -0.1) is 0 Å². The Kier molecular flexibility index (Phi) is 10.7. The van der Waals surface area contributed by atoms with E-state index in [1.54, 1.807) is 0 Å². The Morgan fingerprint density at radius 3 is 2.00 bits per heavy atom. The Bertz CT molecular complexity index is 125. The Labute approximate surface area is 97.2 Å². The van der Waals surface area contributed by atoms with Crippen LogP contribution in [0.2, 0.25) is 5.54 Å². The molecule has 0 rings (SSSR count). The van der Waals surface area contributed by atoms with Crippen LogP contribution < -0.4 is 0 Å². The summed E-state index contributed by atoms with van der Waals surface area (Å²) in [6.45, 7) is 10.2. The molecule has 15 heavy (non-hydrogen) atoms. The van der Waals surface area contributed by atoms with Crippen LogP contribution in [0.15, 0.2) is 0 Å². The maximum absolute atomic E-state index is 5.68. The summed E-state index contributed by atoms with van der Waals surface area (Å²) in [7, 11) is -1.01. The quantitative estimate of drug-likeness (QED) is 0.419. The zero-order chi connectivity index (χ0) is 11.5. The van der Waals surface area contributed by atoms with E-state index in [4.69, 9.17) is 8.85 Å². The lowest BCUT2D eigenvalue weighted by molar-refractivity contribution is 0.203. The molecule has 1 radical (unpaired) electrons. The van der Waals surface area contributed by atoms with Crippen molar-refractivity contribution in [2.45, 2.75) is 65.3 Å². The van der Waals surface area contributed by atoms with E-state index in [2.05, 4.69) is 13.8 Å². The van der Waals surface area contributed by atoms with Gasteiger partial charge in [0.25, 0.3) is 0 Å². The molecule has 0 aliphatic carbocycles. The highest BCUT2D eigenvalue weighted by molar-refractivity contribution is 6.46. The molecule has 0 aliphatic rings. The van der Waals surface area contributed by atoms with Gasteiger partial charge >= 0.3 is 9.28 Å². The smallest absolute Gasteiger partial charge is 0.387 e. The first-order valence-electron chi connectivity index (χ1n) is 6.38. The SMILES string of the molecule is CCCCCCC(C)[Si](OCC)OCC. The van der Waals surface area contributed by atoms with Crippen LogP contribution in [0.5, 0.6) is 0 Å². The van der Waals surface area contributed by atoms with Crippen molar-refractivity contribution in [3.8, 4) is 0 Å². The largest absolute Gasteiger partial charge is 0.393 e. The van der Waals surface area contributed by atoms with Gasteiger partial charge in [0.05, 0.1) is 0 Å². The summed E-state index contributed by atoms with van der Waals surface area (Å²) in [5.74, 6) is 0. The van der Waals surface area contributed by atoms with Gasteiger partial charge < -0.3 is 8.85 Å². The second kappa shape index (κ2) is 10.6. The molecular formula is C12H27O2Si. The fraction of sp³-hybridized carbons (Fsp3) is 1.00. The van der Waals surface area contributed by atoms with Crippen molar-refractivity contribution >= 4 is 9.28 Å². The summed E-state index contributed by atoms with van der Waals surface area (Å²) in [5, 5.41) is 0. The fourth-order valence-electron chi connectivity index (χ4n) is 1.61. The predicted molar refractivity (Wildman–Crippen MR) is 67.2 cm³/mol. The van der Waals surface area contributed by atoms with Crippen molar-refractivity contribution in [2.24, 2.45) is 0 Å². The predicted octanol–water partition coefficient (Wildman–Crippen LogP) is 3.91. The number of hydrogen-bond donors (Lipinski definition) is 0. The molecule has 1 atom stereocenters. The number of unbranched alkanes of at least 4 members (excludes halogenated alkanes) is 3. The molecule has 1 unspecified atom stereocenters. The minimum Gasteiger partial charge on any atom is -0.393 e. The first-order chi connectivity index (χ1) is 7.26. The van der Waals surface area contributed by atoms with Gasteiger partial charge in [0, 0.05) is 18.8 Å². The second-order valence-electron chi connectivity index (χ2n) is 3.94. The second-order valence-corrected chi connectivity index (χ2v) is 6.14. The molecule has 0 fully saturated rings. The molecule has 0 N–H and O–H groups in total. The van der Waals surface area contributed by atoms with Gasteiger partial charge in [0.1, 0.15) is 0 Å². The van der Waals surface area contributed by atoms with E-state index >= 15 is 0 Å². The normalized spacial score (nSPS) is 13.4.